The van der Waals surface area contributed by atoms with Crippen molar-refractivity contribution in [2.45, 2.75) is 32.8 Å². The van der Waals surface area contributed by atoms with Crippen LogP contribution in [0.25, 0.3) is 10.1 Å². The number of carbonyl (C=O) groups is 2. The van der Waals surface area contributed by atoms with Crippen molar-refractivity contribution in [3.05, 3.63) is 23.1 Å². The summed E-state index contributed by atoms with van der Waals surface area (Å²) in [5.41, 5.74) is -0.613. The second kappa shape index (κ2) is 7.84. The van der Waals surface area contributed by atoms with E-state index < -0.39 is 11.6 Å². The number of methoxy groups -OCH3 is 2. The Morgan fingerprint density at radius 1 is 1.08 bits per heavy atom. The van der Waals surface area contributed by atoms with E-state index in [0.717, 1.165) is 10.1 Å². The van der Waals surface area contributed by atoms with Crippen LogP contribution in [-0.2, 0) is 14.3 Å². The number of rotatable bonds is 7. The SMILES string of the molecule is COCOc1cc2cc(C(=O)CC(=O)OC(C)(C)C)sc2cc1OC. The number of thiophene rings is 1. The van der Waals surface area contributed by atoms with Gasteiger partial charge >= 0.3 is 5.97 Å². The van der Waals surface area contributed by atoms with Crippen LogP contribution < -0.4 is 9.47 Å². The summed E-state index contributed by atoms with van der Waals surface area (Å²) in [6.45, 7) is 5.39. The van der Waals surface area contributed by atoms with Crippen LogP contribution in [0.15, 0.2) is 18.2 Å². The van der Waals surface area contributed by atoms with E-state index in [1.165, 1.54) is 18.4 Å². The zero-order valence-electron chi connectivity index (χ0n) is 15.0. The average molecular weight is 366 g/mol. The summed E-state index contributed by atoms with van der Waals surface area (Å²) in [7, 11) is 3.08. The highest BCUT2D eigenvalue weighted by atomic mass is 32.1. The van der Waals surface area contributed by atoms with Gasteiger partial charge in [-0.2, -0.15) is 0 Å². The summed E-state index contributed by atoms with van der Waals surface area (Å²) in [6.07, 6.45) is -0.283. The minimum Gasteiger partial charge on any atom is -0.493 e. The van der Waals surface area contributed by atoms with E-state index in [1.807, 2.05) is 0 Å². The first-order chi connectivity index (χ1) is 11.7. The standard InChI is InChI=1S/C18H22O6S/c1-18(2,3)24-17(20)8-12(19)16-7-11-6-14(23-10-21-4)13(22-5)9-15(11)25-16/h6-7,9H,8,10H2,1-5H3. The number of carbonyl (C=O) groups excluding carboxylic acids is 2. The first-order valence-electron chi connectivity index (χ1n) is 7.72. The number of ketones is 1. The predicted octanol–water partition coefficient (Wildman–Crippen LogP) is 3.81. The Labute approximate surface area is 150 Å². The van der Waals surface area contributed by atoms with E-state index in [9.17, 15) is 9.59 Å². The first-order valence-corrected chi connectivity index (χ1v) is 8.53. The highest BCUT2D eigenvalue weighted by Crippen LogP contribution is 2.37. The van der Waals surface area contributed by atoms with Gasteiger partial charge in [-0.3, -0.25) is 9.59 Å². The zero-order chi connectivity index (χ0) is 18.6. The molecular formula is C18H22O6S. The van der Waals surface area contributed by atoms with Crippen LogP contribution in [0, 0.1) is 0 Å². The van der Waals surface area contributed by atoms with Crippen LogP contribution in [-0.4, -0.2) is 38.4 Å². The number of ether oxygens (including phenoxy) is 4. The number of esters is 1. The summed E-state index contributed by atoms with van der Waals surface area (Å²) in [5.74, 6) is 0.281. The van der Waals surface area contributed by atoms with Crippen LogP contribution in [0.4, 0.5) is 0 Å². The number of hydrogen-bond donors (Lipinski definition) is 0. The van der Waals surface area contributed by atoms with Gasteiger partial charge < -0.3 is 18.9 Å². The van der Waals surface area contributed by atoms with Crippen molar-refractivity contribution in [3.63, 3.8) is 0 Å². The molecule has 2 aromatic rings. The maximum absolute atomic E-state index is 12.3. The molecule has 1 heterocycles. The van der Waals surface area contributed by atoms with E-state index in [1.54, 1.807) is 46.1 Å². The lowest BCUT2D eigenvalue weighted by Gasteiger charge is -2.18. The van der Waals surface area contributed by atoms with E-state index in [4.69, 9.17) is 18.9 Å². The summed E-state index contributed by atoms with van der Waals surface area (Å²) in [4.78, 5) is 24.7. The molecule has 0 atom stereocenters. The van der Waals surface area contributed by atoms with Gasteiger partial charge in [0.2, 0.25) is 0 Å². The van der Waals surface area contributed by atoms with Gasteiger partial charge in [0.05, 0.1) is 12.0 Å². The summed E-state index contributed by atoms with van der Waals surface area (Å²) < 4.78 is 21.7. The van der Waals surface area contributed by atoms with Crippen LogP contribution in [0.5, 0.6) is 11.5 Å². The Balaban J connectivity index is 2.22. The third-order valence-electron chi connectivity index (χ3n) is 3.13. The van der Waals surface area contributed by atoms with Crippen LogP contribution >= 0.6 is 11.3 Å². The Kier molecular flexibility index (Phi) is 6.02. The monoisotopic (exact) mass is 366 g/mol. The van der Waals surface area contributed by atoms with Gasteiger partial charge in [0.1, 0.15) is 12.0 Å². The van der Waals surface area contributed by atoms with Gasteiger partial charge in [-0.1, -0.05) is 0 Å². The molecule has 0 fully saturated rings. The lowest BCUT2D eigenvalue weighted by Crippen LogP contribution is -2.25. The molecule has 0 N–H and O–H groups in total. The van der Waals surface area contributed by atoms with Crippen molar-refractivity contribution in [2.75, 3.05) is 21.0 Å². The normalized spacial score (nSPS) is 11.4. The lowest BCUT2D eigenvalue weighted by molar-refractivity contribution is -0.153. The molecule has 0 radical (unpaired) electrons. The van der Waals surface area contributed by atoms with Gasteiger partial charge in [0.15, 0.2) is 24.1 Å². The van der Waals surface area contributed by atoms with Gasteiger partial charge in [-0.05, 0) is 38.3 Å². The molecule has 7 heteroatoms. The maximum atomic E-state index is 12.3. The lowest BCUT2D eigenvalue weighted by atomic mass is 10.1. The van der Waals surface area contributed by atoms with Crippen molar-refractivity contribution in [1.82, 2.24) is 0 Å². The third kappa shape index (κ3) is 5.17. The van der Waals surface area contributed by atoms with Crippen molar-refractivity contribution < 1.29 is 28.5 Å². The molecule has 0 amide bonds. The van der Waals surface area contributed by atoms with Crippen molar-refractivity contribution in [3.8, 4) is 11.5 Å². The molecule has 1 aromatic carbocycles. The fourth-order valence-electron chi connectivity index (χ4n) is 2.18. The molecule has 2 rings (SSSR count). The van der Waals surface area contributed by atoms with Crippen molar-refractivity contribution in [2.24, 2.45) is 0 Å². The Hall–Kier alpha value is -2.12. The van der Waals surface area contributed by atoms with Gasteiger partial charge in [-0.15, -0.1) is 11.3 Å². The molecule has 0 aliphatic heterocycles. The van der Waals surface area contributed by atoms with E-state index in [2.05, 4.69) is 0 Å². The first kappa shape index (κ1) is 19.2. The number of fused-ring (bicyclic) bond motifs is 1. The van der Waals surface area contributed by atoms with Crippen LogP contribution in [0.2, 0.25) is 0 Å². The molecule has 0 saturated carbocycles. The minimum atomic E-state index is -0.613. The Bertz CT molecular complexity index is 772. The number of Topliss-reactive ketones (excluding diaryl/α,β-unsaturated/α-hetero) is 1. The highest BCUT2D eigenvalue weighted by molar-refractivity contribution is 7.20. The number of hydrogen-bond acceptors (Lipinski definition) is 7. The summed E-state index contributed by atoms with van der Waals surface area (Å²) >= 11 is 1.30. The van der Waals surface area contributed by atoms with E-state index >= 15 is 0 Å². The molecule has 0 aliphatic carbocycles. The van der Waals surface area contributed by atoms with E-state index in [0.29, 0.717) is 16.4 Å². The van der Waals surface area contributed by atoms with Gasteiger partial charge in [0.25, 0.3) is 0 Å². The Morgan fingerprint density at radius 2 is 1.80 bits per heavy atom. The predicted molar refractivity (Wildman–Crippen MR) is 95.7 cm³/mol. The maximum Gasteiger partial charge on any atom is 0.314 e. The Morgan fingerprint density at radius 3 is 2.40 bits per heavy atom. The number of benzene rings is 1. The van der Waals surface area contributed by atoms with Crippen molar-refractivity contribution in [1.29, 1.82) is 0 Å². The molecule has 0 bridgehead atoms. The summed E-state index contributed by atoms with van der Waals surface area (Å²) in [5, 5.41) is 0.837. The molecule has 0 aliphatic rings. The van der Waals surface area contributed by atoms with Gasteiger partial charge in [-0.25, -0.2) is 0 Å². The fourth-order valence-corrected chi connectivity index (χ4v) is 3.19. The molecule has 0 unspecified atom stereocenters. The topological polar surface area (TPSA) is 71.1 Å². The largest absolute Gasteiger partial charge is 0.493 e. The molecule has 25 heavy (non-hydrogen) atoms. The molecule has 136 valence electrons. The quantitative estimate of drug-likeness (QED) is 0.321. The molecule has 6 nitrogen and oxygen atoms in total. The molecule has 1 aromatic heterocycles. The highest BCUT2D eigenvalue weighted by Gasteiger charge is 2.21. The van der Waals surface area contributed by atoms with Crippen LogP contribution in [0.3, 0.4) is 0 Å². The molecule has 0 saturated heterocycles. The van der Waals surface area contributed by atoms with Crippen molar-refractivity contribution >= 4 is 33.2 Å². The molecule has 0 spiro atoms. The smallest absolute Gasteiger partial charge is 0.314 e. The second-order valence-electron chi connectivity index (χ2n) is 6.39. The summed E-state index contributed by atoms with van der Waals surface area (Å²) in [6, 6.07) is 5.33. The van der Waals surface area contributed by atoms with E-state index in [-0.39, 0.29) is 19.0 Å². The van der Waals surface area contributed by atoms with Gasteiger partial charge in [0, 0.05) is 17.9 Å². The third-order valence-corrected chi connectivity index (χ3v) is 4.27. The second-order valence-corrected chi connectivity index (χ2v) is 7.47. The minimum absolute atomic E-state index is 0.0937. The average Bonchev–Trinajstić information content (AvgIpc) is 2.92. The zero-order valence-corrected chi connectivity index (χ0v) is 15.8. The fraction of sp³-hybridized carbons (Fsp3) is 0.444. The molecular weight excluding hydrogens is 344 g/mol. The van der Waals surface area contributed by atoms with Crippen LogP contribution in [0.1, 0.15) is 36.9 Å².